The molecule has 0 unspecified atom stereocenters. The highest BCUT2D eigenvalue weighted by atomic mass is 32.1. The molecule has 0 spiro atoms. The van der Waals surface area contributed by atoms with Crippen LogP contribution >= 0.6 is 11.3 Å². The van der Waals surface area contributed by atoms with Crippen LogP contribution in [-0.2, 0) is 20.7 Å². The summed E-state index contributed by atoms with van der Waals surface area (Å²) in [6, 6.07) is 15.2. The molecule has 3 N–H and O–H groups in total. The van der Waals surface area contributed by atoms with Crippen LogP contribution in [0.5, 0.6) is 0 Å². The molecule has 0 aliphatic heterocycles. The van der Waals surface area contributed by atoms with Crippen molar-refractivity contribution in [2.45, 2.75) is 39.2 Å². The molecule has 1 aliphatic carbocycles. The first-order valence-electron chi connectivity index (χ1n) is 11.2. The number of thiazole rings is 1. The topological polar surface area (TPSA) is 118 Å². The zero-order valence-electron chi connectivity index (χ0n) is 19.7. The third-order valence-electron chi connectivity index (χ3n) is 5.86. The number of aliphatic carboxylic acids is 1. The third-order valence-corrected chi connectivity index (χ3v) is 6.67. The second-order valence-electron chi connectivity index (χ2n) is 9.48. The van der Waals surface area contributed by atoms with Crippen molar-refractivity contribution in [1.82, 2.24) is 10.3 Å². The van der Waals surface area contributed by atoms with Gasteiger partial charge in [0.25, 0.3) is 0 Å². The number of aromatic nitrogens is 1. The molecule has 0 saturated carbocycles. The summed E-state index contributed by atoms with van der Waals surface area (Å²) in [7, 11) is 0. The molecule has 0 bridgehead atoms. The van der Waals surface area contributed by atoms with Crippen molar-refractivity contribution in [3.63, 3.8) is 0 Å². The number of carboxylic acid groups (broad SMARTS) is 1. The Hall–Kier alpha value is -3.72. The fourth-order valence-corrected chi connectivity index (χ4v) is 4.89. The second kappa shape index (κ2) is 9.87. The van der Waals surface area contributed by atoms with Gasteiger partial charge >= 0.3 is 12.1 Å². The fourth-order valence-electron chi connectivity index (χ4n) is 4.19. The summed E-state index contributed by atoms with van der Waals surface area (Å²) in [5.41, 5.74) is 4.34. The molecular weight excluding hydrogens is 466 g/mol. The number of nitrogens with zero attached hydrogens (tertiary/aromatic N) is 1. The van der Waals surface area contributed by atoms with Crippen LogP contribution < -0.4 is 10.6 Å². The molecule has 0 fully saturated rings. The maximum atomic E-state index is 12.4. The molecule has 1 aliphatic rings. The number of nitrogens with one attached hydrogen (secondary N) is 2. The van der Waals surface area contributed by atoms with Crippen molar-refractivity contribution in [2.24, 2.45) is 5.41 Å². The molecule has 9 heteroatoms. The zero-order valence-corrected chi connectivity index (χ0v) is 20.5. The highest BCUT2D eigenvalue weighted by molar-refractivity contribution is 7.13. The molecule has 1 aromatic heterocycles. The average molecular weight is 494 g/mol. The summed E-state index contributed by atoms with van der Waals surface area (Å²) < 4.78 is 5.52. The van der Waals surface area contributed by atoms with Gasteiger partial charge in [-0.05, 0) is 27.7 Å². The molecule has 1 atom stereocenters. The minimum atomic E-state index is -1.10. The maximum absolute atomic E-state index is 12.4. The highest BCUT2D eigenvalue weighted by Crippen LogP contribution is 2.44. The molecule has 2 amide bonds. The van der Waals surface area contributed by atoms with Gasteiger partial charge in [0.2, 0.25) is 5.91 Å². The lowest BCUT2D eigenvalue weighted by Crippen LogP contribution is -2.49. The SMILES string of the molecule is CC(C)(C)[C@H](NC(=O)Cc1csc(NC(=O)OCC2c3ccccc3-c3ccccc32)n1)C(=O)O. The van der Waals surface area contributed by atoms with Crippen molar-refractivity contribution >= 4 is 34.4 Å². The predicted octanol–water partition coefficient (Wildman–Crippen LogP) is 4.66. The summed E-state index contributed by atoms with van der Waals surface area (Å²) in [5, 5.41) is 16.5. The maximum Gasteiger partial charge on any atom is 0.413 e. The zero-order chi connectivity index (χ0) is 25.2. The van der Waals surface area contributed by atoms with E-state index in [2.05, 4.69) is 27.8 Å². The first-order chi connectivity index (χ1) is 16.6. The summed E-state index contributed by atoms with van der Waals surface area (Å²) in [6.45, 7) is 5.41. The largest absolute Gasteiger partial charge is 0.480 e. The Morgan fingerprint density at radius 2 is 1.66 bits per heavy atom. The number of carbonyl (C=O) groups is 3. The summed E-state index contributed by atoms with van der Waals surface area (Å²) in [5.74, 6) is -1.60. The molecule has 2 aromatic carbocycles. The van der Waals surface area contributed by atoms with Crippen molar-refractivity contribution in [1.29, 1.82) is 0 Å². The van der Waals surface area contributed by atoms with E-state index in [1.54, 1.807) is 26.2 Å². The normalized spacial score (nSPS) is 13.5. The standard InChI is InChI=1S/C26H27N3O5S/c1-26(2,3)22(23(31)32)28-21(30)12-15-14-35-24(27-15)29-25(33)34-13-20-18-10-6-4-8-16(18)17-9-5-7-11-19(17)20/h4-11,14,20,22H,12-13H2,1-3H3,(H,28,30)(H,31,32)(H,27,29,33)/t22-/m1/s1. The number of anilines is 1. The van der Waals surface area contributed by atoms with Crippen LogP contribution in [0.25, 0.3) is 11.1 Å². The van der Waals surface area contributed by atoms with E-state index in [1.807, 2.05) is 36.4 Å². The molecule has 35 heavy (non-hydrogen) atoms. The van der Waals surface area contributed by atoms with E-state index in [1.165, 1.54) is 11.3 Å². The Morgan fingerprint density at radius 3 is 2.23 bits per heavy atom. The smallest absolute Gasteiger partial charge is 0.413 e. The van der Waals surface area contributed by atoms with Gasteiger partial charge in [-0.15, -0.1) is 11.3 Å². The van der Waals surface area contributed by atoms with Crippen LogP contribution in [0.3, 0.4) is 0 Å². The Kier molecular flexibility index (Phi) is 6.88. The van der Waals surface area contributed by atoms with E-state index in [0.717, 1.165) is 22.3 Å². The quantitative estimate of drug-likeness (QED) is 0.441. The second-order valence-corrected chi connectivity index (χ2v) is 10.3. The molecular formula is C26H27N3O5S. The number of carboxylic acids is 1. The number of benzene rings is 2. The van der Waals surface area contributed by atoms with E-state index in [0.29, 0.717) is 10.8 Å². The first kappa shape index (κ1) is 24.4. The lowest BCUT2D eigenvalue weighted by Gasteiger charge is -2.27. The van der Waals surface area contributed by atoms with Crippen molar-refractivity contribution < 1.29 is 24.2 Å². The van der Waals surface area contributed by atoms with Gasteiger partial charge in [-0.2, -0.15) is 0 Å². The van der Waals surface area contributed by atoms with E-state index in [4.69, 9.17) is 4.74 Å². The Balaban J connectivity index is 1.33. The fraction of sp³-hybridized carbons (Fsp3) is 0.308. The lowest BCUT2D eigenvalue weighted by molar-refractivity contribution is -0.144. The number of amides is 2. The summed E-state index contributed by atoms with van der Waals surface area (Å²) in [6.07, 6.45) is -0.723. The number of hydrogen-bond acceptors (Lipinski definition) is 6. The number of hydrogen-bond donors (Lipinski definition) is 3. The van der Waals surface area contributed by atoms with Crippen LogP contribution in [0.2, 0.25) is 0 Å². The van der Waals surface area contributed by atoms with Crippen LogP contribution in [0, 0.1) is 5.41 Å². The van der Waals surface area contributed by atoms with Gasteiger partial charge in [0.15, 0.2) is 5.13 Å². The summed E-state index contributed by atoms with van der Waals surface area (Å²) >= 11 is 1.17. The van der Waals surface area contributed by atoms with Gasteiger partial charge < -0.3 is 15.2 Å². The van der Waals surface area contributed by atoms with Gasteiger partial charge in [0, 0.05) is 11.3 Å². The first-order valence-corrected chi connectivity index (χ1v) is 12.1. The van der Waals surface area contributed by atoms with Gasteiger partial charge in [0.05, 0.1) is 12.1 Å². The molecule has 0 saturated heterocycles. The molecule has 182 valence electrons. The van der Waals surface area contributed by atoms with Crippen LogP contribution in [0.4, 0.5) is 9.93 Å². The van der Waals surface area contributed by atoms with Gasteiger partial charge in [-0.3, -0.25) is 10.1 Å². The molecule has 1 heterocycles. The number of ether oxygens (including phenoxy) is 1. The van der Waals surface area contributed by atoms with Crippen molar-refractivity contribution in [3.8, 4) is 11.1 Å². The van der Waals surface area contributed by atoms with E-state index < -0.39 is 29.4 Å². The van der Waals surface area contributed by atoms with Gasteiger partial charge in [-0.25, -0.2) is 14.6 Å². The average Bonchev–Trinajstić information content (AvgIpc) is 3.37. The Bertz CT molecular complexity index is 1220. The molecule has 0 radical (unpaired) electrons. The minimum absolute atomic E-state index is 0.0475. The Morgan fingerprint density at radius 1 is 1.06 bits per heavy atom. The van der Waals surface area contributed by atoms with Crippen LogP contribution in [0.15, 0.2) is 53.9 Å². The van der Waals surface area contributed by atoms with Crippen LogP contribution in [0.1, 0.15) is 43.5 Å². The third kappa shape index (κ3) is 5.51. The van der Waals surface area contributed by atoms with Crippen molar-refractivity contribution in [3.05, 3.63) is 70.7 Å². The van der Waals surface area contributed by atoms with Crippen molar-refractivity contribution in [2.75, 3.05) is 11.9 Å². The summed E-state index contributed by atoms with van der Waals surface area (Å²) in [4.78, 5) is 40.5. The monoisotopic (exact) mass is 493 g/mol. The van der Waals surface area contributed by atoms with Crippen LogP contribution in [-0.4, -0.2) is 40.7 Å². The van der Waals surface area contributed by atoms with Gasteiger partial charge in [-0.1, -0.05) is 69.3 Å². The van der Waals surface area contributed by atoms with E-state index >= 15 is 0 Å². The van der Waals surface area contributed by atoms with E-state index in [9.17, 15) is 19.5 Å². The highest BCUT2D eigenvalue weighted by Gasteiger charge is 2.33. The molecule has 8 nitrogen and oxygen atoms in total. The number of carbonyl (C=O) groups excluding carboxylic acids is 2. The minimum Gasteiger partial charge on any atom is -0.480 e. The van der Waals surface area contributed by atoms with E-state index in [-0.39, 0.29) is 18.9 Å². The number of fused-ring (bicyclic) bond motifs is 3. The molecule has 4 rings (SSSR count). The predicted molar refractivity (Wildman–Crippen MR) is 134 cm³/mol. The number of rotatable bonds is 7. The lowest BCUT2D eigenvalue weighted by atomic mass is 9.86. The van der Waals surface area contributed by atoms with Gasteiger partial charge in [0.1, 0.15) is 12.6 Å². The molecule has 3 aromatic rings. The Labute approximate surface area is 207 Å².